The van der Waals surface area contributed by atoms with E-state index < -0.39 is 17.6 Å². The molecule has 0 unspecified atom stereocenters. The van der Waals surface area contributed by atoms with Crippen LogP contribution in [0.4, 0.5) is 0 Å². The maximum Gasteiger partial charge on any atom is 0.326 e. The van der Waals surface area contributed by atoms with Crippen LogP contribution in [-0.4, -0.2) is 28.6 Å². The first-order valence-corrected chi connectivity index (χ1v) is 6.82. The summed E-state index contributed by atoms with van der Waals surface area (Å²) in [5.41, 5.74) is 5.21. The second kappa shape index (κ2) is 6.73. The van der Waals surface area contributed by atoms with Crippen LogP contribution in [0.2, 0.25) is 0 Å². The molecule has 0 radical (unpaired) electrons. The van der Waals surface area contributed by atoms with E-state index in [4.69, 9.17) is 10.8 Å². The fourth-order valence-corrected chi connectivity index (χ4v) is 2.38. The van der Waals surface area contributed by atoms with Crippen LogP contribution in [-0.2, 0) is 9.59 Å². The van der Waals surface area contributed by atoms with Crippen molar-refractivity contribution >= 4 is 11.9 Å². The summed E-state index contributed by atoms with van der Waals surface area (Å²) in [6.45, 7) is 1.99. The van der Waals surface area contributed by atoms with Crippen LogP contribution in [0.15, 0.2) is 0 Å². The molecule has 0 heterocycles. The molecule has 5 nitrogen and oxygen atoms in total. The molecule has 0 aromatic heterocycles. The highest BCUT2D eigenvalue weighted by Gasteiger charge is 2.37. The molecule has 1 atom stereocenters. The van der Waals surface area contributed by atoms with E-state index in [0.29, 0.717) is 19.3 Å². The second-order valence-electron chi connectivity index (χ2n) is 5.22. The molecule has 0 bridgehead atoms. The number of carbonyl (C=O) groups excluding carboxylic acids is 1. The molecular weight excluding hydrogens is 232 g/mol. The molecule has 4 N–H and O–H groups in total. The van der Waals surface area contributed by atoms with Crippen molar-refractivity contribution in [2.45, 2.75) is 69.9 Å². The van der Waals surface area contributed by atoms with Crippen molar-refractivity contribution < 1.29 is 14.7 Å². The van der Waals surface area contributed by atoms with Gasteiger partial charge in [-0.2, -0.15) is 0 Å². The van der Waals surface area contributed by atoms with Gasteiger partial charge in [-0.1, -0.05) is 39.0 Å². The molecule has 1 amide bonds. The van der Waals surface area contributed by atoms with Crippen LogP contribution in [0.1, 0.15) is 58.3 Å². The van der Waals surface area contributed by atoms with Gasteiger partial charge in [-0.05, 0) is 19.3 Å². The summed E-state index contributed by atoms with van der Waals surface area (Å²) in [6.07, 6.45) is 6.45. The number of hydrogen-bond donors (Lipinski definition) is 3. The number of unbranched alkanes of at least 4 members (excludes halogenated alkanes) is 1. The third-order valence-electron chi connectivity index (χ3n) is 3.65. The van der Waals surface area contributed by atoms with E-state index in [1.54, 1.807) is 0 Å². The summed E-state index contributed by atoms with van der Waals surface area (Å²) in [6, 6.07) is -0.806. The van der Waals surface area contributed by atoms with Crippen LogP contribution in [0.25, 0.3) is 0 Å². The van der Waals surface area contributed by atoms with Crippen LogP contribution in [0.5, 0.6) is 0 Å². The lowest BCUT2D eigenvalue weighted by Gasteiger charge is -2.32. The van der Waals surface area contributed by atoms with Gasteiger partial charge in [0.15, 0.2) is 0 Å². The van der Waals surface area contributed by atoms with Crippen molar-refractivity contribution in [3.8, 4) is 0 Å². The Labute approximate surface area is 108 Å². The summed E-state index contributed by atoms with van der Waals surface area (Å²) in [5, 5.41) is 11.7. The Balaban J connectivity index is 2.56. The number of nitrogens with one attached hydrogen (secondary N) is 1. The van der Waals surface area contributed by atoms with E-state index in [-0.39, 0.29) is 5.91 Å². The summed E-state index contributed by atoms with van der Waals surface area (Å²) in [5.74, 6) is -1.28. The molecule has 0 spiro atoms. The summed E-state index contributed by atoms with van der Waals surface area (Å²) in [4.78, 5) is 23.2. The molecule has 18 heavy (non-hydrogen) atoms. The van der Waals surface area contributed by atoms with E-state index in [0.717, 1.165) is 32.1 Å². The minimum absolute atomic E-state index is 0.300. The predicted octanol–water partition coefficient (Wildman–Crippen LogP) is 1.41. The number of nitrogens with two attached hydrogens (primary N) is 1. The van der Waals surface area contributed by atoms with E-state index in [9.17, 15) is 9.59 Å². The number of hydrogen-bond acceptors (Lipinski definition) is 3. The van der Waals surface area contributed by atoms with Crippen molar-refractivity contribution in [2.75, 3.05) is 0 Å². The largest absolute Gasteiger partial charge is 0.480 e. The van der Waals surface area contributed by atoms with Gasteiger partial charge in [0, 0.05) is 0 Å². The maximum absolute atomic E-state index is 12.1. The fraction of sp³-hybridized carbons (Fsp3) is 0.846. The van der Waals surface area contributed by atoms with Crippen LogP contribution in [0, 0.1) is 0 Å². The molecule has 0 saturated heterocycles. The average molecular weight is 256 g/mol. The molecule has 1 rings (SSSR count). The van der Waals surface area contributed by atoms with E-state index in [1.165, 1.54) is 0 Å². The molecule has 1 aliphatic rings. The Morgan fingerprint density at radius 3 is 2.44 bits per heavy atom. The molecule has 1 aliphatic carbocycles. The number of rotatable bonds is 6. The fourth-order valence-electron chi connectivity index (χ4n) is 2.38. The number of carbonyl (C=O) groups is 2. The monoisotopic (exact) mass is 256 g/mol. The smallest absolute Gasteiger partial charge is 0.326 e. The Hall–Kier alpha value is -1.10. The second-order valence-corrected chi connectivity index (χ2v) is 5.22. The van der Waals surface area contributed by atoms with Crippen molar-refractivity contribution in [3.05, 3.63) is 0 Å². The zero-order valence-corrected chi connectivity index (χ0v) is 11.1. The highest BCUT2D eigenvalue weighted by molar-refractivity contribution is 5.90. The minimum atomic E-state index is -0.976. The third kappa shape index (κ3) is 3.98. The Morgan fingerprint density at radius 1 is 1.33 bits per heavy atom. The normalized spacial score (nSPS) is 20.1. The van der Waals surface area contributed by atoms with Gasteiger partial charge in [0.1, 0.15) is 6.04 Å². The molecule has 0 aliphatic heterocycles. The third-order valence-corrected chi connectivity index (χ3v) is 3.65. The number of amides is 1. The first-order chi connectivity index (χ1) is 8.49. The van der Waals surface area contributed by atoms with Gasteiger partial charge < -0.3 is 16.2 Å². The molecule has 104 valence electrons. The van der Waals surface area contributed by atoms with E-state index in [1.807, 2.05) is 6.92 Å². The van der Waals surface area contributed by atoms with Crippen molar-refractivity contribution in [1.82, 2.24) is 5.32 Å². The Bertz CT molecular complexity index is 299. The number of aliphatic carboxylic acids is 1. The quantitative estimate of drug-likeness (QED) is 0.670. The number of carboxylic acid groups (broad SMARTS) is 1. The average Bonchev–Trinajstić information content (AvgIpc) is 2.34. The maximum atomic E-state index is 12.1. The van der Waals surface area contributed by atoms with Gasteiger partial charge in [0.05, 0.1) is 5.54 Å². The highest BCUT2D eigenvalue weighted by atomic mass is 16.4. The van der Waals surface area contributed by atoms with Gasteiger partial charge in [-0.25, -0.2) is 4.79 Å². The SMILES string of the molecule is CCCC[C@H](NC(=O)C1(N)CCCCC1)C(=O)O. The topological polar surface area (TPSA) is 92.4 Å². The zero-order valence-electron chi connectivity index (χ0n) is 11.1. The lowest BCUT2D eigenvalue weighted by Crippen LogP contribution is -2.58. The van der Waals surface area contributed by atoms with Gasteiger partial charge in [0.2, 0.25) is 5.91 Å². The molecule has 0 aromatic carbocycles. The van der Waals surface area contributed by atoms with Gasteiger partial charge in [-0.15, -0.1) is 0 Å². The van der Waals surface area contributed by atoms with Gasteiger partial charge in [0.25, 0.3) is 0 Å². The predicted molar refractivity (Wildman–Crippen MR) is 69.1 cm³/mol. The van der Waals surface area contributed by atoms with Crippen LogP contribution >= 0.6 is 0 Å². The lowest BCUT2D eigenvalue weighted by atomic mass is 9.81. The minimum Gasteiger partial charge on any atom is -0.480 e. The van der Waals surface area contributed by atoms with Crippen molar-refractivity contribution in [2.24, 2.45) is 5.73 Å². The molecule has 5 heteroatoms. The van der Waals surface area contributed by atoms with Crippen molar-refractivity contribution in [1.29, 1.82) is 0 Å². The lowest BCUT2D eigenvalue weighted by molar-refractivity contribution is -0.143. The molecule has 1 saturated carbocycles. The number of carboxylic acids is 1. The van der Waals surface area contributed by atoms with Gasteiger partial charge in [-0.3, -0.25) is 4.79 Å². The van der Waals surface area contributed by atoms with Crippen LogP contribution < -0.4 is 11.1 Å². The summed E-state index contributed by atoms with van der Waals surface area (Å²) in [7, 11) is 0. The molecular formula is C13H24N2O3. The summed E-state index contributed by atoms with van der Waals surface area (Å²) < 4.78 is 0. The highest BCUT2D eigenvalue weighted by Crippen LogP contribution is 2.26. The van der Waals surface area contributed by atoms with E-state index in [2.05, 4.69) is 5.32 Å². The standard InChI is InChI=1S/C13H24N2O3/c1-2-3-7-10(11(16)17)15-12(18)13(14)8-5-4-6-9-13/h10H,2-9,14H2,1H3,(H,15,18)(H,16,17)/t10-/m0/s1. The van der Waals surface area contributed by atoms with E-state index >= 15 is 0 Å². The first kappa shape index (κ1) is 15.0. The molecule has 0 aromatic rings. The van der Waals surface area contributed by atoms with Gasteiger partial charge >= 0.3 is 5.97 Å². The zero-order chi connectivity index (χ0) is 13.6. The first-order valence-electron chi connectivity index (χ1n) is 6.82. The molecule has 1 fully saturated rings. The summed E-state index contributed by atoms with van der Waals surface area (Å²) >= 11 is 0. The van der Waals surface area contributed by atoms with Crippen molar-refractivity contribution in [3.63, 3.8) is 0 Å². The van der Waals surface area contributed by atoms with Crippen LogP contribution in [0.3, 0.4) is 0 Å². The Kier molecular flexibility index (Phi) is 5.59. The Morgan fingerprint density at radius 2 is 1.94 bits per heavy atom.